The van der Waals surface area contributed by atoms with E-state index in [0.29, 0.717) is 6.04 Å². The second-order valence-electron chi connectivity index (χ2n) is 4.58. The molecule has 0 radical (unpaired) electrons. The topological polar surface area (TPSA) is 15.3 Å². The molecule has 74 valence electrons. The molecule has 0 aromatic rings. The summed E-state index contributed by atoms with van der Waals surface area (Å²) >= 11 is 5.35. The molecular formula is C10H18N2S. The molecule has 1 heterocycles. The van der Waals surface area contributed by atoms with Crippen LogP contribution in [0.1, 0.15) is 26.7 Å². The fourth-order valence-electron chi connectivity index (χ4n) is 1.79. The smallest absolute Gasteiger partial charge is 0.169 e. The molecule has 13 heavy (non-hydrogen) atoms. The fourth-order valence-corrected chi connectivity index (χ4v) is 2.10. The maximum Gasteiger partial charge on any atom is 0.169 e. The van der Waals surface area contributed by atoms with E-state index in [2.05, 4.69) is 24.1 Å². The number of hydrogen-bond acceptors (Lipinski definition) is 1. The molecule has 0 aromatic heterocycles. The van der Waals surface area contributed by atoms with Gasteiger partial charge in [0.2, 0.25) is 0 Å². The summed E-state index contributed by atoms with van der Waals surface area (Å²) < 4.78 is 0. The molecule has 1 aliphatic carbocycles. The maximum atomic E-state index is 5.35. The second kappa shape index (κ2) is 3.45. The second-order valence-corrected chi connectivity index (χ2v) is 4.97. The van der Waals surface area contributed by atoms with E-state index >= 15 is 0 Å². The van der Waals surface area contributed by atoms with E-state index in [-0.39, 0.29) is 0 Å². The summed E-state index contributed by atoms with van der Waals surface area (Å²) in [5.74, 6) is 1.58. The van der Waals surface area contributed by atoms with Gasteiger partial charge in [-0.05, 0) is 36.9 Å². The first-order valence-electron chi connectivity index (χ1n) is 5.22. The Balaban J connectivity index is 1.83. The Kier molecular flexibility index (Phi) is 2.45. The fraction of sp³-hybridized carbons (Fsp3) is 0.900. The summed E-state index contributed by atoms with van der Waals surface area (Å²) in [5, 5.41) is 4.38. The van der Waals surface area contributed by atoms with Crippen LogP contribution in [0.5, 0.6) is 0 Å². The van der Waals surface area contributed by atoms with E-state index in [4.69, 9.17) is 12.2 Å². The van der Waals surface area contributed by atoms with Gasteiger partial charge in [0.25, 0.3) is 0 Å². The van der Waals surface area contributed by atoms with Crippen molar-refractivity contribution in [1.29, 1.82) is 0 Å². The third-order valence-electron chi connectivity index (χ3n) is 3.18. The number of hydrogen-bond donors (Lipinski definition) is 1. The Hall–Kier alpha value is -0.310. The van der Waals surface area contributed by atoms with Crippen molar-refractivity contribution in [2.24, 2.45) is 11.8 Å². The van der Waals surface area contributed by atoms with E-state index in [1.54, 1.807) is 0 Å². The van der Waals surface area contributed by atoms with Crippen molar-refractivity contribution in [1.82, 2.24) is 10.2 Å². The van der Waals surface area contributed by atoms with Gasteiger partial charge in [-0.25, -0.2) is 0 Å². The van der Waals surface area contributed by atoms with Crippen molar-refractivity contribution in [3.05, 3.63) is 0 Å². The molecule has 2 aliphatic rings. The minimum absolute atomic E-state index is 0.693. The molecule has 0 bridgehead atoms. The van der Waals surface area contributed by atoms with E-state index in [0.717, 1.165) is 30.0 Å². The van der Waals surface area contributed by atoms with Crippen LogP contribution in [0.25, 0.3) is 0 Å². The summed E-state index contributed by atoms with van der Waals surface area (Å²) in [4.78, 5) is 2.32. The molecule has 1 saturated carbocycles. The van der Waals surface area contributed by atoms with Gasteiger partial charge in [0, 0.05) is 19.1 Å². The summed E-state index contributed by atoms with van der Waals surface area (Å²) in [6, 6.07) is 0.693. The quantitative estimate of drug-likeness (QED) is 0.644. The van der Waals surface area contributed by atoms with Gasteiger partial charge in [-0.3, -0.25) is 0 Å². The highest BCUT2D eigenvalue weighted by atomic mass is 32.1. The Morgan fingerprint density at radius 1 is 1.23 bits per heavy atom. The normalized spacial score (nSPS) is 33.5. The van der Waals surface area contributed by atoms with Crippen LogP contribution in [-0.2, 0) is 0 Å². The van der Waals surface area contributed by atoms with Gasteiger partial charge in [0.15, 0.2) is 5.11 Å². The van der Waals surface area contributed by atoms with Crippen molar-refractivity contribution >= 4 is 17.3 Å². The van der Waals surface area contributed by atoms with Crippen LogP contribution in [0.4, 0.5) is 0 Å². The number of likely N-dealkylation sites (tertiary alicyclic amines) is 1. The first-order valence-corrected chi connectivity index (χ1v) is 5.63. The third-order valence-corrected chi connectivity index (χ3v) is 3.56. The predicted octanol–water partition coefficient (Wildman–Crippen LogP) is 1.61. The maximum absolute atomic E-state index is 5.35. The van der Waals surface area contributed by atoms with Crippen LogP contribution >= 0.6 is 12.2 Å². The van der Waals surface area contributed by atoms with E-state index in [1.807, 2.05) is 0 Å². The minimum atomic E-state index is 0.693. The average Bonchev–Trinajstić information content (AvgIpc) is 2.81. The van der Waals surface area contributed by atoms with Gasteiger partial charge in [-0.1, -0.05) is 13.8 Å². The van der Waals surface area contributed by atoms with Crippen LogP contribution in [0.3, 0.4) is 0 Å². The van der Waals surface area contributed by atoms with E-state index in [9.17, 15) is 0 Å². The Morgan fingerprint density at radius 3 is 2.23 bits per heavy atom. The molecule has 2 fully saturated rings. The minimum Gasteiger partial charge on any atom is -0.360 e. The van der Waals surface area contributed by atoms with Crippen molar-refractivity contribution in [3.8, 4) is 0 Å². The van der Waals surface area contributed by atoms with E-state index in [1.165, 1.54) is 12.8 Å². The Morgan fingerprint density at radius 2 is 1.77 bits per heavy atom. The molecule has 1 aliphatic heterocycles. The zero-order valence-electron chi connectivity index (χ0n) is 8.42. The van der Waals surface area contributed by atoms with Crippen LogP contribution < -0.4 is 5.32 Å². The summed E-state index contributed by atoms with van der Waals surface area (Å²) in [6.07, 6.45) is 2.61. The molecule has 3 heteroatoms. The summed E-state index contributed by atoms with van der Waals surface area (Å²) in [7, 11) is 0. The molecule has 0 amide bonds. The van der Waals surface area contributed by atoms with Crippen molar-refractivity contribution in [3.63, 3.8) is 0 Å². The molecular weight excluding hydrogens is 180 g/mol. The highest BCUT2D eigenvalue weighted by molar-refractivity contribution is 7.80. The number of thiocarbonyl (C=S) groups is 1. The van der Waals surface area contributed by atoms with Gasteiger partial charge < -0.3 is 10.2 Å². The Labute approximate surface area is 85.7 Å². The lowest BCUT2D eigenvalue weighted by atomic mass is 10.0. The van der Waals surface area contributed by atoms with Gasteiger partial charge in [-0.15, -0.1) is 0 Å². The lowest BCUT2D eigenvalue weighted by Gasteiger charge is -2.20. The molecule has 1 N–H and O–H groups in total. The highest BCUT2D eigenvalue weighted by Crippen LogP contribution is 2.24. The molecule has 0 spiro atoms. The largest absolute Gasteiger partial charge is 0.360 e. The zero-order valence-corrected chi connectivity index (χ0v) is 9.23. The van der Waals surface area contributed by atoms with E-state index < -0.39 is 0 Å². The van der Waals surface area contributed by atoms with Gasteiger partial charge in [0.1, 0.15) is 0 Å². The summed E-state index contributed by atoms with van der Waals surface area (Å²) in [5.41, 5.74) is 0. The van der Waals surface area contributed by atoms with Crippen LogP contribution in [0.2, 0.25) is 0 Å². The van der Waals surface area contributed by atoms with Crippen molar-refractivity contribution in [2.75, 3.05) is 13.1 Å². The molecule has 2 rings (SSSR count). The monoisotopic (exact) mass is 198 g/mol. The van der Waals surface area contributed by atoms with Crippen molar-refractivity contribution in [2.45, 2.75) is 32.7 Å². The first-order chi connectivity index (χ1) is 6.16. The molecule has 0 aromatic carbocycles. The average molecular weight is 198 g/mol. The molecule has 2 unspecified atom stereocenters. The number of nitrogens with one attached hydrogen (secondary N) is 1. The van der Waals surface area contributed by atoms with Gasteiger partial charge in [-0.2, -0.15) is 0 Å². The predicted molar refractivity (Wildman–Crippen MR) is 58.7 cm³/mol. The lowest BCUT2D eigenvalue weighted by molar-refractivity contribution is 0.482. The van der Waals surface area contributed by atoms with Gasteiger partial charge in [0.05, 0.1) is 0 Å². The van der Waals surface area contributed by atoms with Crippen molar-refractivity contribution < 1.29 is 0 Å². The zero-order chi connectivity index (χ0) is 9.42. The number of nitrogens with zero attached hydrogens (tertiary/aromatic N) is 1. The van der Waals surface area contributed by atoms with Crippen LogP contribution in [-0.4, -0.2) is 29.1 Å². The molecule has 1 saturated heterocycles. The highest BCUT2D eigenvalue weighted by Gasteiger charge is 2.30. The molecule has 2 atom stereocenters. The van der Waals surface area contributed by atoms with Crippen LogP contribution in [0, 0.1) is 11.8 Å². The lowest BCUT2D eigenvalue weighted by Crippen LogP contribution is -2.39. The third kappa shape index (κ3) is 2.13. The first kappa shape index (κ1) is 9.25. The number of rotatable bonds is 1. The Bertz CT molecular complexity index is 203. The van der Waals surface area contributed by atoms with Gasteiger partial charge >= 0.3 is 0 Å². The standard InChI is InChI=1S/C10H18N2S/c1-7-5-12(6-8(7)2)10(13)11-9-3-4-9/h7-9H,3-6H2,1-2H3,(H,11,13). The summed E-state index contributed by atoms with van der Waals surface area (Å²) in [6.45, 7) is 6.90. The SMILES string of the molecule is CC1CN(C(=S)NC2CC2)CC1C. The molecule has 2 nitrogen and oxygen atoms in total. The van der Waals surface area contributed by atoms with Crippen LogP contribution in [0.15, 0.2) is 0 Å².